The van der Waals surface area contributed by atoms with Crippen molar-refractivity contribution in [2.24, 2.45) is 0 Å². The minimum Gasteiger partial charge on any atom is -0.744 e. The van der Waals surface area contributed by atoms with Crippen LogP contribution in [0.15, 0.2) is 40.1 Å². The van der Waals surface area contributed by atoms with Crippen LogP contribution < -0.4 is 59.1 Å². The number of benzene rings is 2. The fraction of sp³-hybridized carbons (Fsp3) is 0.400. The Morgan fingerprint density at radius 1 is 0.774 bits per heavy atom. The number of unbranched alkanes of at least 4 members (excludes halogenated alkanes) is 2. The van der Waals surface area contributed by atoms with E-state index in [1.165, 1.54) is 12.1 Å². The Hall–Kier alpha value is 0.0600. The van der Waals surface area contributed by atoms with E-state index < -0.39 is 41.3 Å². The van der Waals surface area contributed by atoms with Gasteiger partial charge in [-0.2, -0.15) is 0 Å². The molecule has 0 aliphatic heterocycles. The first-order valence-electron chi connectivity index (χ1n) is 9.41. The number of phenolic OH excluding ortho intramolecular Hbond substituents is 1. The molecule has 7 nitrogen and oxygen atoms in total. The summed E-state index contributed by atoms with van der Waals surface area (Å²) in [6.45, 7) is 3.75. The maximum absolute atomic E-state index is 12.2. The number of aromatic hydroxyl groups is 1. The van der Waals surface area contributed by atoms with Crippen molar-refractivity contribution in [2.45, 2.75) is 62.2 Å². The van der Waals surface area contributed by atoms with E-state index in [2.05, 4.69) is 0 Å². The molecule has 160 valence electrons. The second kappa shape index (κ2) is 13.1. The summed E-state index contributed by atoms with van der Waals surface area (Å²) in [4.78, 5) is -2.19. The Balaban J connectivity index is 0.00000450. The molecule has 0 fully saturated rings. The first-order valence-corrected chi connectivity index (χ1v) is 12.2. The van der Waals surface area contributed by atoms with Crippen LogP contribution >= 0.6 is 0 Å². The van der Waals surface area contributed by atoms with E-state index in [0.29, 0.717) is 19.3 Å². The monoisotopic (exact) mass is 486 g/mol. The molecule has 2 rings (SSSR count). The van der Waals surface area contributed by atoms with Crippen LogP contribution in [0, 0.1) is 0 Å². The zero-order valence-corrected chi connectivity index (χ0v) is 24.0. The van der Waals surface area contributed by atoms with Crippen molar-refractivity contribution in [1.82, 2.24) is 0 Å². The largest absolute Gasteiger partial charge is 1.00 e. The molecular weight excluding hydrogens is 462 g/mol. The Labute approximate surface area is 228 Å². The summed E-state index contributed by atoms with van der Waals surface area (Å²) in [5.41, 5.74) is -0.145. The van der Waals surface area contributed by atoms with Crippen LogP contribution in [0.2, 0.25) is 0 Å². The van der Waals surface area contributed by atoms with Crippen molar-refractivity contribution in [3.63, 3.8) is 0 Å². The van der Waals surface area contributed by atoms with Gasteiger partial charge in [-0.25, -0.2) is 16.8 Å². The average molecular weight is 487 g/mol. The second-order valence-electron chi connectivity index (χ2n) is 6.82. The van der Waals surface area contributed by atoms with E-state index in [-0.39, 0.29) is 88.6 Å². The van der Waals surface area contributed by atoms with Crippen LogP contribution in [-0.4, -0.2) is 31.0 Å². The van der Waals surface area contributed by atoms with Gasteiger partial charge in [-0.1, -0.05) is 57.0 Å². The molecule has 0 saturated heterocycles. The fourth-order valence-corrected chi connectivity index (χ4v) is 5.69. The third kappa shape index (κ3) is 7.53. The molecule has 0 atom stereocenters. The summed E-state index contributed by atoms with van der Waals surface area (Å²) in [5, 5.41) is 11.0. The third-order valence-corrected chi connectivity index (χ3v) is 6.71. The van der Waals surface area contributed by atoms with E-state index >= 15 is 0 Å². The standard InChI is InChI=1S/C20H26O7S2.2Na/c1-3-5-12-15-16(13-6-4-2)19(28(22,23)24)20(29(25,26)27)17(18(15)21)14-10-8-7-9-11-14;;/h7-11,21H,3-6,12-13H2,1-2H3,(H,22,23,24)(H,25,26,27);;/q;2*+1/p-2. The molecule has 0 bridgehead atoms. The Morgan fingerprint density at radius 3 is 1.65 bits per heavy atom. The van der Waals surface area contributed by atoms with Gasteiger partial charge < -0.3 is 14.2 Å². The predicted molar refractivity (Wildman–Crippen MR) is 107 cm³/mol. The van der Waals surface area contributed by atoms with E-state index in [1.807, 2.05) is 13.8 Å². The summed E-state index contributed by atoms with van der Waals surface area (Å²) in [6, 6.07) is 7.64. The van der Waals surface area contributed by atoms with Gasteiger partial charge in [0.05, 0.1) is 9.79 Å². The minimum atomic E-state index is -5.39. The van der Waals surface area contributed by atoms with Crippen LogP contribution in [0.5, 0.6) is 5.75 Å². The van der Waals surface area contributed by atoms with Gasteiger partial charge in [0.25, 0.3) is 0 Å². The normalized spacial score (nSPS) is 11.5. The smallest absolute Gasteiger partial charge is 0.744 e. The molecule has 0 amide bonds. The van der Waals surface area contributed by atoms with Crippen molar-refractivity contribution in [3.05, 3.63) is 41.5 Å². The van der Waals surface area contributed by atoms with Crippen molar-refractivity contribution in [2.75, 3.05) is 0 Å². The molecule has 0 radical (unpaired) electrons. The quantitative estimate of drug-likeness (QED) is 0.307. The van der Waals surface area contributed by atoms with Crippen LogP contribution in [0.1, 0.15) is 50.7 Å². The molecule has 0 saturated carbocycles. The van der Waals surface area contributed by atoms with Crippen LogP contribution in [0.3, 0.4) is 0 Å². The first-order chi connectivity index (χ1) is 13.5. The molecule has 11 heteroatoms. The third-order valence-electron chi connectivity index (χ3n) is 4.72. The van der Waals surface area contributed by atoms with Crippen LogP contribution in [0.4, 0.5) is 0 Å². The maximum Gasteiger partial charge on any atom is 1.00 e. The van der Waals surface area contributed by atoms with Gasteiger partial charge in [0, 0.05) is 5.56 Å². The second-order valence-corrected chi connectivity index (χ2v) is 9.45. The van der Waals surface area contributed by atoms with Gasteiger partial charge >= 0.3 is 59.1 Å². The van der Waals surface area contributed by atoms with E-state index in [9.17, 15) is 31.0 Å². The molecule has 2 aromatic rings. The SMILES string of the molecule is CCCCc1c(O)c(-c2ccccc2)c(S(=O)(=O)[O-])c(S(=O)(=O)[O-])c1CCCC.[Na+].[Na+]. The average Bonchev–Trinajstić information content (AvgIpc) is 2.63. The van der Waals surface area contributed by atoms with Crippen LogP contribution in [-0.2, 0) is 33.1 Å². The number of hydrogen-bond donors (Lipinski definition) is 1. The van der Waals surface area contributed by atoms with Crippen LogP contribution in [0.25, 0.3) is 11.1 Å². The topological polar surface area (TPSA) is 135 Å². The Kier molecular flexibility index (Phi) is 13.1. The molecular formula is C20H24Na2O7S2. The van der Waals surface area contributed by atoms with Crippen molar-refractivity contribution < 1.29 is 90.2 Å². The molecule has 31 heavy (non-hydrogen) atoms. The van der Waals surface area contributed by atoms with Gasteiger partial charge in [0.15, 0.2) is 0 Å². The van der Waals surface area contributed by atoms with Gasteiger partial charge in [-0.3, -0.25) is 0 Å². The van der Waals surface area contributed by atoms with Gasteiger partial charge in [0.2, 0.25) is 0 Å². The predicted octanol–water partition coefficient (Wildman–Crippen LogP) is -2.44. The molecule has 2 aromatic carbocycles. The molecule has 0 aliphatic rings. The van der Waals surface area contributed by atoms with Gasteiger partial charge in [-0.15, -0.1) is 0 Å². The van der Waals surface area contributed by atoms with Gasteiger partial charge in [-0.05, 0) is 42.4 Å². The number of hydrogen-bond acceptors (Lipinski definition) is 7. The Bertz CT molecular complexity index is 1080. The first kappa shape index (κ1) is 31.1. The van der Waals surface area contributed by atoms with E-state index in [0.717, 1.165) is 6.42 Å². The minimum absolute atomic E-state index is 0. The maximum atomic E-state index is 12.2. The molecule has 0 aliphatic carbocycles. The molecule has 0 unspecified atom stereocenters. The van der Waals surface area contributed by atoms with Gasteiger partial charge in [0.1, 0.15) is 26.0 Å². The fourth-order valence-electron chi connectivity index (χ4n) is 3.41. The van der Waals surface area contributed by atoms with E-state index in [1.54, 1.807) is 18.2 Å². The van der Waals surface area contributed by atoms with Crippen molar-refractivity contribution in [1.29, 1.82) is 0 Å². The summed E-state index contributed by atoms with van der Waals surface area (Å²) in [7, 11) is -10.7. The summed E-state index contributed by atoms with van der Waals surface area (Å²) >= 11 is 0. The number of phenols is 1. The molecule has 1 N–H and O–H groups in total. The zero-order valence-electron chi connectivity index (χ0n) is 18.3. The molecule has 0 aromatic heterocycles. The van der Waals surface area contributed by atoms with E-state index in [4.69, 9.17) is 0 Å². The summed E-state index contributed by atoms with van der Waals surface area (Å²) < 4.78 is 72.9. The summed E-state index contributed by atoms with van der Waals surface area (Å²) in [6.07, 6.45) is 2.74. The zero-order chi connectivity index (χ0) is 21.8. The van der Waals surface area contributed by atoms with Crippen molar-refractivity contribution in [3.8, 4) is 16.9 Å². The Morgan fingerprint density at radius 2 is 1.23 bits per heavy atom. The number of rotatable bonds is 9. The van der Waals surface area contributed by atoms with Crippen molar-refractivity contribution >= 4 is 20.2 Å². The molecule has 0 spiro atoms. The molecule has 0 heterocycles. The summed E-state index contributed by atoms with van der Waals surface area (Å²) in [5.74, 6) is -0.461.